The third-order valence-corrected chi connectivity index (χ3v) is 4.27. The fourth-order valence-corrected chi connectivity index (χ4v) is 2.72. The first-order valence-electron chi connectivity index (χ1n) is 9.79. The minimum atomic E-state index is -4.44. The first-order valence-corrected chi connectivity index (χ1v) is 9.79. The second-order valence-corrected chi connectivity index (χ2v) is 7.15. The molecule has 168 valence electrons. The Bertz CT molecular complexity index is 902. The van der Waals surface area contributed by atoms with Crippen molar-refractivity contribution in [1.82, 2.24) is 15.3 Å². The molecule has 1 atom stereocenters. The molecule has 0 aliphatic heterocycles. The van der Waals surface area contributed by atoms with Crippen LogP contribution in [0.15, 0.2) is 30.5 Å². The Hall–Kier alpha value is -3.17. The zero-order valence-corrected chi connectivity index (χ0v) is 17.5. The summed E-state index contributed by atoms with van der Waals surface area (Å²) in [5, 5.41) is 5.43. The summed E-state index contributed by atoms with van der Waals surface area (Å²) in [7, 11) is 0. The van der Waals surface area contributed by atoms with Crippen LogP contribution >= 0.6 is 0 Å². The Labute approximate surface area is 178 Å². The summed E-state index contributed by atoms with van der Waals surface area (Å²) in [5.41, 5.74) is 1.48. The highest BCUT2D eigenvalue weighted by atomic mass is 19.4. The van der Waals surface area contributed by atoms with E-state index in [2.05, 4.69) is 25.3 Å². The monoisotopic (exact) mass is 438 g/mol. The number of anilines is 1. The largest absolute Gasteiger partial charge is 0.468 e. The quantitative estimate of drug-likeness (QED) is 0.617. The molecule has 0 aliphatic carbocycles. The molecule has 2 N–H and O–H groups in total. The zero-order chi connectivity index (χ0) is 23.0. The number of halogens is 3. The van der Waals surface area contributed by atoms with Crippen molar-refractivity contribution in [1.29, 1.82) is 0 Å². The number of ether oxygens (including phenoxy) is 1. The van der Waals surface area contributed by atoms with Crippen molar-refractivity contribution in [3.05, 3.63) is 47.3 Å². The minimum absolute atomic E-state index is 0.113. The average molecular weight is 438 g/mol. The second kappa shape index (κ2) is 10.7. The van der Waals surface area contributed by atoms with Crippen LogP contribution in [0.25, 0.3) is 0 Å². The molecule has 0 bridgehead atoms. The molecule has 0 spiro atoms. The number of carbonyl (C=O) groups excluding carboxylic acids is 2. The summed E-state index contributed by atoms with van der Waals surface area (Å²) in [6.07, 6.45) is -1.49. The predicted octanol–water partition coefficient (Wildman–Crippen LogP) is 4.03. The number of carbonyl (C=O) groups is 2. The van der Waals surface area contributed by atoms with Crippen LogP contribution in [0, 0.1) is 12.8 Å². The highest BCUT2D eigenvalue weighted by Crippen LogP contribution is 2.17. The van der Waals surface area contributed by atoms with Crippen LogP contribution in [-0.4, -0.2) is 34.6 Å². The van der Waals surface area contributed by atoms with E-state index in [1.165, 1.54) is 24.4 Å². The number of nitrogens with one attached hydrogen (secondary N) is 2. The van der Waals surface area contributed by atoms with Crippen molar-refractivity contribution in [2.75, 3.05) is 11.9 Å². The number of pyridine rings is 2. The molecule has 2 heterocycles. The third-order valence-electron chi connectivity index (χ3n) is 4.27. The van der Waals surface area contributed by atoms with Gasteiger partial charge in [-0.15, -0.1) is 0 Å². The maximum Gasteiger partial charge on any atom is 0.422 e. The Morgan fingerprint density at radius 3 is 2.58 bits per heavy atom. The van der Waals surface area contributed by atoms with Gasteiger partial charge >= 0.3 is 6.18 Å². The van der Waals surface area contributed by atoms with Crippen LogP contribution in [0.2, 0.25) is 0 Å². The summed E-state index contributed by atoms with van der Waals surface area (Å²) in [6, 6.07) is 5.89. The molecule has 0 saturated heterocycles. The Morgan fingerprint density at radius 1 is 1.23 bits per heavy atom. The number of hydrogen-bond donors (Lipinski definition) is 2. The zero-order valence-electron chi connectivity index (χ0n) is 17.5. The van der Waals surface area contributed by atoms with Crippen LogP contribution < -0.4 is 15.4 Å². The summed E-state index contributed by atoms with van der Waals surface area (Å²) in [5.74, 6) is -0.578. The fourth-order valence-electron chi connectivity index (χ4n) is 2.72. The van der Waals surface area contributed by atoms with Gasteiger partial charge in [0.2, 0.25) is 11.8 Å². The van der Waals surface area contributed by atoms with Crippen molar-refractivity contribution in [3.63, 3.8) is 0 Å². The molecule has 2 aromatic heterocycles. The highest BCUT2D eigenvalue weighted by Gasteiger charge is 2.28. The van der Waals surface area contributed by atoms with Crippen LogP contribution in [0.4, 0.5) is 19.0 Å². The lowest BCUT2D eigenvalue weighted by atomic mass is 10.1. The second-order valence-electron chi connectivity index (χ2n) is 7.15. The van der Waals surface area contributed by atoms with E-state index in [1.807, 2.05) is 13.8 Å². The van der Waals surface area contributed by atoms with Gasteiger partial charge in [0.05, 0.1) is 0 Å². The lowest BCUT2D eigenvalue weighted by Gasteiger charge is -2.12. The molecule has 31 heavy (non-hydrogen) atoms. The van der Waals surface area contributed by atoms with Gasteiger partial charge in [-0.25, -0.2) is 9.97 Å². The van der Waals surface area contributed by atoms with Gasteiger partial charge < -0.3 is 15.4 Å². The fraction of sp³-hybridized carbons (Fsp3) is 0.429. The molecule has 1 unspecified atom stereocenters. The van der Waals surface area contributed by atoms with Gasteiger partial charge in [-0.3, -0.25) is 9.59 Å². The van der Waals surface area contributed by atoms with E-state index < -0.39 is 12.8 Å². The van der Waals surface area contributed by atoms with E-state index in [4.69, 9.17) is 0 Å². The third kappa shape index (κ3) is 8.23. The number of rotatable bonds is 9. The molecule has 0 fully saturated rings. The SMILES string of the molecule is CCCC(C)C(=O)Nc1cc(C(=O)NCc2ccc(OCC(F)(F)F)nc2)cc(C)n1. The predicted molar refractivity (Wildman–Crippen MR) is 109 cm³/mol. The van der Waals surface area contributed by atoms with Crippen molar-refractivity contribution in [2.45, 2.75) is 46.3 Å². The lowest BCUT2D eigenvalue weighted by Crippen LogP contribution is -2.24. The van der Waals surface area contributed by atoms with E-state index in [0.29, 0.717) is 22.6 Å². The first kappa shape index (κ1) is 24.1. The molecule has 0 radical (unpaired) electrons. The molecule has 2 amide bonds. The van der Waals surface area contributed by atoms with Crippen molar-refractivity contribution >= 4 is 17.6 Å². The summed E-state index contributed by atoms with van der Waals surface area (Å²) in [4.78, 5) is 32.7. The molecule has 2 aromatic rings. The molecular weight excluding hydrogens is 413 g/mol. The van der Waals surface area contributed by atoms with Gasteiger partial charge in [-0.2, -0.15) is 13.2 Å². The van der Waals surface area contributed by atoms with Crippen LogP contribution in [-0.2, 0) is 11.3 Å². The number of hydrogen-bond acceptors (Lipinski definition) is 5. The standard InChI is InChI=1S/C21H25F3N4O3/c1-4-5-13(2)19(29)28-17-9-16(8-14(3)27-17)20(30)26-11-15-6-7-18(25-10-15)31-12-21(22,23)24/h6-10,13H,4-5,11-12H2,1-3H3,(H,26,30)(H,27,28,29). The van der Waals surface area contributed by atoms with Gasteiger partial charge in [0.25, 0.3) is 5.91 Å². The molecule has 2 rings (SSSR count). The topological polar surface area (TPSA) is 93.2 Å². The van der Waals surface area contributed by atoms with E-state index in [1.54, 1.807) is 13.0 Å². The van der Waals surface area contributed by atoms with E-state index in [-0.39, 0.29) is 30.2 Å². The van der Waals surface area contributed by atoms with Crippen molar-refractivity contribution < 1.29 is 27.5 Å². The van der Waals surface area contributed by atoms with E-state index in [9.17, 15) is 22.8 Å². The summed E-state index contributed by atoms with van der Waals surface area (Å²) in [6.45, 7) is 4.23. The van der Waals surface area contributed by atoms with Gasteiger partial charge in [0, 0.05) is 36.0 Å². The lowest BCUT2D eigenvalue weighted by molar-refractivity contribution is -0.154. The van der Waals surface area contributed by atoms with Crippen LogP contribution in [0.5, 0.6) is 5.88 Å². The normalized spacial score (nSPS) is 12.2. The Kier molecular flexibility index (Phi) is 8.35. The van der Waals surface area contributed by atoms with Gasteiger partial charge in [-0.1, -0.05) is 26.3 Å². The van der Waals surface area contributed by atoms with E-state index in [0.717, 1.165) is 12.8 Å². The van der Waals surface area contributed by atoms with Crippen molar-refractivity contribution in [3.8, 4) is 5.88 Å². The van der Waals surface area contributed by atoms with Crippen molar-refractivity contribution in [2.24, 2.45) is 5.92 Å². The van der Waals surface area contributed by atoms with Crippen LogP contribution in [0.1, 0.15) is 48.3 Å². The molecule has 7 nitrogen and oxygen atoms in total. The number of amides is 2. The maximum atomic E-state index is 12.5. The molecule has 10 heteroatoms. The molecule has 0 aromatic carbocycles. The number of aromatic nitrogens is 2. The smallest absolute Gasteiger partial charge is 0.422 e. The Morgan fingerprint density at radius 2 is 1.97 bits per heavy atom. The maximum absolute atomic E-state index is 12.5. The molecule has 0 aliphatic rings. The number of alkyl halides is 3. The van der Waals surface area contributed by atoms with Gasteiger partial charge in [0.1, 0.15) is 5.82 Å². The first-order chi connectivity index (χ1) is 14.6. The summed E-state index contributed by atoms with van der Waals surface area (Å²) < 4.78 is 41.0. The Balaban J connectivity index is 1.96. The van der Waals surface area contributed by atoms with E-state index >= 15 is 0 Å². The van der Waals surface area contributed by atoms with Gasteiger partial charge in [0.15, 0.2) is 6.61 Å². The number of nitrogens with zero attached hydrogens (tertiary/aromatic N) is 2. The molecular formula is C21H25F3N4O3. The average Bonchev–Trinajstić information content (AvgIpc) is 2.70. The highest BCUT2D eigenvalue weighted by molar-refractivity contribution is 5.97. The van der Waals surface area contributed by atoms with Crippen LogP contribution in [0.3, 0.4) is 0 Å². The summed E-state index contributed by atoms with van der Waals surface area (Å²) >= 11 is 0. The number of aryl methyl sites for hydroxylation is 1. The minimum Gasteiger partial charge on any atom is -0.468 e. The van der Waals surface area contributed by atoms with Gasteiger partial charge in [-0.05, 0) is 31.0 Å². The molecule has 0 saturated carbocycles.